The van der Waals surface area contributed by atoms with Crippen molar-refractivity contribution < 1.29 is 15.4 Å². The number of phenols is 1. The third-order valence-electron chi connectivity index (χ3n) is 1.70. The minimum absolute atomic E-state index is 0.0231. The van der Waals surface area contributed by atoms with Crippen molar-refractivity contribution in [3.8, 4) is 5.75 Å². The van der Waals surface area contributed by atoms with Crippen molar-refractivity contribution in [3.05, 3.63) is 28.8 Å². The van der Waals surface area contributed by atoms with Gasteiger partial charge in [-0.25, -0.2) is 0 Å². The zero-order chi connectivity index (χ0) is 9.84. The molecule has 4 N–H and O–H groups in total. The van der Waals surface area contributed by atoms with Crippen molar-refractivity contribution in [2.75, 3.05) is 6.61 Å². The van der Waals surface area contributed by atoms with E-state index in [4.69, 9.17) is 21.9 Å². The van der Waals surface area contributed by atoms with Crippen LogP contribution in [-0.2, 0) is 0 Å². The summed E-state index contributed by atoms with van der Waals surface area (Å²) in [5.41, 5.74) is 2.23. The average molecular weight is 204 g/mol. The lowest BCUT2D eigenvalue weighted by molar-refractivity contribution is 0.0893. The number of halogens is 1. The van der Waals surface area contributed by atoms with Crippen LogP contribution >= 0.6 is 11.6 Å². The fraction of sp³-hybridized carbons (Fsp3) is 0.250. The summed E-state index contributed by atoms with van der Waals surface area (Å²) in [6, 6.07) is 3.67. The quantitative estimate of drug-likeness (QED) is 0.555. The van der Waals surface area contributed by atoms with Gasteiger partial charge in [-0.15, -0.1) is 0 Å². The van der Waals surface area contributed by atoms with Gasteiger partial charge < -0.3 is 15.4 Å². The van der Waals surface area contributed by atoms with Crippen molar-refractivity contribution in [3.63, 3.8) is 0 Å². The topological polar surface area (TPSA) is 72.7 Å². The summed E-state index contributed by atoms with van der Waals surface area (Å²) in [5, 5.41) is 27.2. The third-order valence-corrected chi connectivity index (χ3v) is 1.94. The molecule has 1 aromatic rings. The van der Waals surface area contributed by atoms with Gasteiger partial charge in [-0.05, 0) is 18.2 Å². The monoisotopic (exact) mass is 203 g/mol. The Morgan fingerprint density at radius 2 is 2.15 bits per heavy atom. The second kappa shape index (κ2) is 4.43. The highest BCUT2D eigenvalue weighted by atomic mass is 35.5. The molecule has 1 rings (SSSR count). The number of nitrogens with one attached hydrogen (secondary N) is 1. The smallest absolute Gasteiger partial charge is 0.120 e. The molecule has 0 bridgehead atoms. The van der Waals surface area contributed by atoms with E-state index in [1.807, 2.05) is 5.48 Å². The molecule has 0 saturated carbocycles. The molecule has 1 unspecified atom stereocenters. The van der Waals surface area contributed by atoms with Crippen molar-refractivity contribution in [1.29, 1.82) is 0 Å². The fourth-order valence-electron chi connectivity index (χ4n) is 1.01. The molecular weight excluding hydrogens is 194 g/mol. The molecule has 0 fully saturated rings. The molecule has 0 amide bonds. The van der Waals surface area contributed by atoms with Crippen LogP contribution in [0.4, 0.5) is 0 Å². The van der Waals surface area contributed by atoms with E-state index in [1.54, 1.807) is 0 Å². The lowest BCUT2D eigenvalue weighted by Crippen LogP contribution is -2.20. The average Bonchev–Trinajstić information content (AvgIpc) is 2.13. The molecule has 0 aliphatic rings. The number of hydrogen-bond donors (Lipinski definition) is 4. The number of aromatic hydroxyl groups is 1. The first-order chi connectivity index (χ1) is 6.19. The molecule has 0 radical (unpaired) electrons. The highest BCUT2D eigenvalue weighted by molar-refractivity contribution is 6.30. The fourth-order valence-corrected chi connectivity index (χ4v) is 1.19. The van der Waals surface area contributed by atoms with Gasteiger partial charge in [-0.2, -0.15) is 5.48 Å². The molecule has 1 atom stereocenters. The van der Waals surface area contributed by atoms with Crippen LogP contribution in [0.5, 0.6) is 5.75 Å². The Kier molecular flexibility index (Phi) is 3.50. The number of benzene rings is 1. The van der Waals surface area contributed by atoms with Gasteiger partial charge in [0.1, 0.15) is 5.75 Å². The van der Waals surface area contributed by atoms with Crippen LogP contribution in [0.1, 0.15) is 11.6 Å². The minimum Gasteiger partial charge on any atom is -0.508 e. The van der Waals surface area contributed by atoms with E-state index in [0.717, 1.165) is 0 Å². The highest BCUT2D eigenvalue weighted by Gasteiger charge is 2.13. The third kappa shape index (κ3) is 2.32. The van der Waals surface area contributed by atoms with Crippen molar-refractivity contribution in [1.82, 2.24) is 5.48 Å². The van der Waals surface area contributed by atoms with Gasteiger partial charge in [-0.1, -0.05) is 11.6 Å². The minimum atomic E-state index is -0.723. The number of hydroxylamine groups is 1. The largest absolute Gasteiger partial charge is 0.508 e. The number of phenolic OH excluding ortho intramolecular Hbond substituents is 1. The van der Waals surface area contributed by atoms with Gasteiger partial charge in [0, 0.05) is 10.6 Å². The zero-order valence-corrected chi connectivity index (χ0v) is 7.49. The Morgan fingerprint density at radius 1 is 1.46 bits per heavy atom. The van der Waals surface area contributed by atoms with Crippen molar-refractivity contribution in [2.45, 2.75) is 6.04 Å². The molecule has 72 valence electrons. The standard InChI is InChI=1S/C8H10ClNO3/c9-5-1-2-8(12)6(3-5)7(4-11)10-13/h1-3,7,10-13H,4H2. The SMILES string of the molecule is OCC(NO)c1cc(Cl)ccc1O. The van der Waals surface area contributed by atoms with E-state index in [9.17, 15) is 5.11 Å². The molecule has 1 aromatic carbocycles. The van der Waals surface area contributed by atoms with Gasteiger partial charge in [0.2, 0.25) is 0 Å². The van der Waals surface area contributed by atoms with E-state index in [-0.39, 0.29) is 12.4 Å². The number of hydrogen-bond acceptors (Lipinski definition) is 4. The van der Waals surface area contributed by atoms with E-state index < -0.39 is 6.04 Å². The lowest BCUT2D eigenvalue weighted by Gasteiger charge is -2.13. The first-order valence-corrected chi connectivity index (χ1v) is 4.05. The molecule has 0 saturated heterocycles. The summed E-state index contributed by atoms with van der Waals surface area (Å²) in [6.07, 6.45) is 0. The second-order valence-electron chi connectivity index (χ2n) is 2.57. The Hall–Kier alpha value is -0.810. The van der Waals surface area contributed by atoms with Gasteiger partial charge >= 0.3 is 0 Å². The van der Waals surface area contributed by atoms with Gasteiger partial charge in [0.25, 0.3) is 0 Å². The maximum atomic E-state index is 9.35. The van der Waals surface area contributed by atoms with Crippen LogP contribution < -0.4 is 5.48 Å². The predicted octanol–water partition coefficient (Wildman–Crippen LogP) is 1.06. The summed E-state index contributed by atoms with van der Waals surface area (Å²) in [6.45, 7) is -0.329. The first-order valence-electron chi connectivity index (χ1n) is 3.68. The van der Waals surface area contributed by atoms with Crippen LogP contribution in [-0.4, -0.2) is 22.0 Å². The Bertz CT molecular complexity index is 289. The Morgan fingerprint density at radius 3 is 2.69 bits per heavy atom. The van der Waals surface area contributed by atoms with Crippen molar-refractivity contribution in [2.24, 2.45) is 0 Å². The maximum Gasteiger partial charge on any atom is 0.120 e. The summed E-state index contributed by atoms with van der Waals surface area (Å²) in [7, 11) is 0. The molecule has 13 heavy (non-hydrogen) atoms. The summed E-state index contributed by atoms with van der Waals surface area (Å²) < 4.78 is 0. The van der Waals surface area contributed by atoms with Gasteiger partial charge in [0.15, 0.2) is 0 Å². The number of aliphatic hydroxyl groups excluding tert-OH is 1. The van der Waals surface area contributed by atoms with Gasteiger partial charge in [-0.3, -0.25) is 0 Å². The second-order valence-corrected chi connectivity index (χ2v) is 3.00. The Labute approximate surface area is 80.4 Å². The lowest BCUT2D eigenvalue weighted by atomic mass is 10.1. The number of aliphatic hydroxyl groups is 1. The van der Waals surface area contributed by atoms with Crippen LogP contribution in [0, 0.1) is 0 Å². The maximum absolute atomic E-state index is 9.35. The van der Waals surface area contributed by atoms with E-state index in [1.165, 1.54) is 18.2 Å². The molecule has 0 aliphatic heterocycles. The normalized spacial score (nSPS) is 12.8. The van der Waals surface area contributed by atoms with Gasteiger partial charge in [0.05, 0.1) is 12.6 Å². The molecule has 0 heterocycles. The first kappa shape index (κ1) is 10.3. The molecule has 5 heteroatoms. The van der Waals surface area contributed by atoms with Crippen LogP contribution in [0.15, 0.2) is 18.2 Å². The predicted molar refractivity (Wildman–Crippen MR) is 47.9 cm³/mol. The van der Waals surface area contributed by atoms with E-state index >= 15 is 0 Å². The summed E-state index contributed by atoms with van der Waals surface area (Å²) >= 11 is 5.67. The summed E-state index contributed by atoms with van der Waals surface area (Å²) in [5.74, 6) is -0.0231. The zero-order valence-electron chi connectivity index (χ0n) is 6.74. The van der Waals surface area contributed by atoms with Crippen LogP contribution in [0.25, 0.3) is 0 Å². The number of rotatable bonds is 3. The van der Waals surface area contributed by atoms with Crippen LogP contribution in [0.2, 0.25) is 5.02 Å². The molecule has 0 aliphatic carbocycles. The van der Waals surface area contributed by atoms with Crippen molar-refractivity contribution >= 4 is 11.6 Å². The molecule has 0 spiro atoms. The summed E-state index contributed by atoms with van der Waals surface area (Å²) in [4.78, 5) is 0. The molecule has 0 aromatic heterocycles. The van der Waals surface area contributed by atoms with E-state index in [0.29, 0.717) is 10.6 Å². The highest BCUT2D eigenvalue weighted by Crippen LogP contribution is 2.26. The Balaban J connectivity index is 3.03. The molecular formula is C8H10ClNO3. The van der Waals surface area contributed by atoms with Crippen LogP contribution in [0.3, 0.4) is 0 Å². The van der Waals surface area contributed by atoms with E-state index in [2.05, 4.69) is 0 Å². The molecule has 4 nitrogen and oxygen atoms in total.